The van der Waals surface area contributed by atoms with Gasteiger partial charge in [0.25, 0.3) is 0 Å². The molecule has 0 radical (unpaired) electrons. The molecule has 1 heterocycles. The Hall–Kier alpha value is -4.05. The molecule has 10 heteroatoms. The molecule has 3 aromatic rings. The van der Waals surface area contributed by atoms with Crippen LogP contribution in [0.25, 0.3) is 11.1 Å². The Morgan fingerprint density at radius 2 is 1.79 bits per heavy atom. The minimum atomic E-state index is -1.53. The number of nitrogens with zero attached hydrogens (tertiary/aromatic N) is 1. The number of hydrogen-bond acceptors (Lipinski definition) is 5. The van der Waals surface area contributed by atoms with Gasteiger partial charge < -0.3 is 19.9 Å². The molecule has 1 amide bonds. The zero-order valence-electron chi connectivity index (χ0n) is 24.2. The van der Waals surface area contributed by atoms with Crippen molar-refractivity contribution in [1.82, 2.24) is 5.32 Å². The quantitative estimate of drug-likeness (QED) is 0.174. The molecule has 1 aliphatic rings. The Labute approximate surface area is 243 Å². The minimum absolute atomic E-state index is 0.0520. The molecule has 3 aromatic carbocycles. The summed E-state index contributed by atoms with van der Waals surface area (Å²) >= 11 is 0. The molecule has 224 valence electrons. The molecule has 0 saturated carbocycles. The number of rotatable bonds is 12. The van der Waals surface area contributed by atoms with Crippen molar-refractivity contribution in [2.24, 2.45) is 0 Å². The van der Waals surface area contributed by atoms with Crippen molar-refractivity contribution in [3.05, 3.63) is 82.2 Å². The second-order valence-corrected chi connectivity index (χ2v) is 10.5. The van der Waals surface area contributed by atoms with E-state index in [1.807, 2.05) is 13.8 Å². The Morgan fingerprint density at radius 3 is 2.45 bits per heavy atom. The van der Waals surface area contributed by atoms with Crippen LogP contribution in [0.15, 0.2) is 42.5 Å². The van der Waals surface area contributed by atoms with E-state index in [1.54, 1.807) is 38.1 Å². The second kappa shape index (κ2) is 12.9. The number of hydrogen-bond donors (Lipinski definition) is 2. The summed E-state index contributed by atoms with van der Waals surface area (Å²) < 4.78 is 54.2. The van der Waals surface area contributed by atoms with Crippen molar-refractivity contribution in [3.8, 4) is 16.9 Å². The molecule has 1 fully saturated rings. The number of carbonyl (C=O) groups excluding carboxylic acids is 1. The van der Waals surface area contributed by atoms with Gasteiger partial charge in [-0.25, -0.2) is 22.8 Å². The fraction of sp³-hybridized carbons (Fsp3) is 0.375. The second-order valence-electron chi connectivity index (χ2n) is 10.5. The molecule has 2 N–H and O–H groups in total. The van der Waals surface area contributed by atoms with Gasteiger partial charge in [0.2, 0.25) is 0 Å². The first-order valence-electron chi connectivity index (χ1n) is 14.0. The average molecular weight is 585 g/mol. The SMILES string of the molecule is CCCC1(CCNCc2cc(OCC)c(C)cc2-c2ccc(F)c(F)c2F)CN(c2ccc(C(=O)O)c(C)c2)C(=O)O1. The largest absolute Gasteiger partial charge is 0.494 e. The van der Waals surface area contributed by atoms with Gasteiger partial charge in [0.05, 0.1) is 18.7 Å². The maximum atomic E-state index is 14.8. The normalized spacial score (nSPS) is 16.5. The topological polar surface area (TPSA) is 88.1 Å². The van der Waals surface area contributed by atoms with Crippen LogP contribution in [-0.4, -0.2) is 42.5 Å². The van der Waals surface area contributed by atoms with Crippen LogP contribution in [0.4, 0.5) is 23.7 Å². The Balaban J connectivity index is 1.52. The number of carboxylic acids is 1. The lowest BCUT2D eigenvalue weighted by Crippen LogP contribution is -2.37. The first-order valence-corrected chi connectivity index (χ1v) is 14.0. The van der Waals surface area contributed by atoms with Crippen LogP contribution in [0.3, 0.4) is 0 Å². The molecule has 4 rings (SSSR count). The van der Waals surface area contributed by atoms with Crippen LogP contribution in [-0.2, 0) is 11.3 Å². The number of nitrogens with one attached hydrogen (secondary N) is 1. The van der Waals surface area contributed by atoms with Gasteiger partial charge in [0.15, 0.2) is 17.5 Å². The first-order chi connectivity index (χ1) is 20.0. The highest BCUT2D eigenvalue weighted by Gasteiger charge is 2.44. The van der Waals surface area contributed by atoms with Crippen LogP contribution in [0, 0.1) is 31.3 Å². The van der Waals surface area contributed by atoms with E-state index < -0.39 is 35.1 Å². The van der Waals surface area contributed by atoms with Gasteiger partial charge in [0.1, 0.15) is 11.4 Å². The van der Waals surface area contributed by atoms with Crippen molar-refractivity contribution >= 4 is 17.7 Å². The van der Waals surface area contributed by atoms with Gasteiger partial charge in [-0.15, -0.1) is 0 Å². The number of cyclic esters (lactones) is 1. The van der Waals surface area contributed by atoms with Crippen LogP contribution in [0.1, 0.15) is 60.2 Å². The van der Waals surface area contributed by atoms with Crippen LogP contribution in [0.5, 0.6) is 5.75 Å². The van der Waals surface area contributed by atoms with E-state index in [1.165, 1.54) is 17.0 Å². The molecule has 1 unspecified atom stereocenters. The fourth-order valence-electron chi connectivity index (χ4n) is 5.43. The molecule has 1 saturated heterocycles. The molecule has 1 aliphatic heterocycles. The predicted octanol–water partition coefficient (Wildman–Crippen LogP) is 7.16. The Morgan fingerprint density at radius 1 is 1.02 bits per heavy atom. The maximum absolute atomic E-state index is 14.8. The highest BCUT2D eigenvalue weighted by Crippen LogP contribution is 2.36. The van der Waals surface area contributed by atoms with E-state index in [0.29, 0.717) is 60.7 Å². The van der Waals surface area contributed by atoms with Crippen LogP contribution < -0.4 is 15.0 Å². The van der Waals surface area contributed by atoms with E-state index in [2.05, 4.69) is 5.32 Å². The Bertz CT molecular complexity index is 1500. The van der Waals surface area contributed by atoms with E-state index in [9.17, 15) is 27.9 Å². The van der Waals surface area contributed by atoms with E-state index in [-0.39, 0.29) is 17.7 Å². The van der Waals surface area contributed by atoms with Crippen molar-refractivity contribution in [1.29, 1.82) is 0 Å². The zero-order valence-corrected chi connectivity index (χ0v) is 24.2. The number of aryl methyl sites for hydroxylation is 2. The van der Waals surface area contributed by atoms with Crippen molar-refractivity contribution in [2.75, 3.05) is 24.6 Å². The highest BCUT2D eigenvalue weighted by molar-refractivity contribution is 5.93. The smallest absolute Gasteiger partial charge is 0.415 e. The van der Waals surface area contributed by atoms with Crippen LogP contribution in [0.2, 0.25) is 0 Å². The number of amides is 1. The third-order valence-corrected chi connectivity index (χ3v) is 7.53. The summed E-state index contributed by atoms with van der Waals surface area (Å²) in [6, 6.07) is 10.3. The van der Waals surface area contributed by atoms with Gasteiger partial charge in [-0.3, -0.25) is 4.90 Å². The molecule has 1 atom stereocenters. The summed E-state index contributed by atoms with van der Waals surface area (Å²) in [6.07, 6.45) is 1.37. The third kappa shape index (κ3) is 6.38. The van der Waals surface area contributed by atoms with E-state index in [0.717, 1.165) is 18.1 Å². The lowest BCUT2D eigenvalue weighted by atomic mass is 9.93. The molecule has 42 heavy (non-hydrogen) atoms. The molecule has 0 aliphatic carbocycles. The molecule has 0 aromatic heterocycles. The van der Waals surface area contributed by atoms with Crippen molar-refractivity contribution < 1.29 is 37.3 Å². The van der Waals surface area contributed by atoms with E-state index in [4.69, 9.17) is 9.47 Å². The lowest BCUT2D eigenvalue weighted by Gasteiger charge is -2.27. The number of carboxylic acid groups (broad SMARTS) is 1. The molecule has 7 nitrogen and oxygen atoms in total. The number of benzene rings is 3. The highest BCUT2D eigenvalue weighted by atomic mass is 19.2. The summed E-state index contributed by atoms with van der Waals surface area (Å²) in [4.78, 5) is 25.8. The summed E-state index contributed by atoms with van der Waals surface area (Å²) in [5, 5.41) is 12.7. The fourth-order valence-corrected chi connectivity index (χ4v) is 5.43. The van der Waals surface area contributed by atoms with Gasteiger partial charge in [-0.05, 0) is 98.5 Å². The molecular weight excluding hydrogens is 549 g/mol. The minimum Gasteiger partial charge on any atom is -0.494 e. The molecule has 0 bridgehead atoms. The Kier molecular flexibility index (Phi) is 9.46. The van der Waals surface area contributed by atoms with E-state index >= 15 is 0 Å². The van der Waals surface area contributed by atoms with Crippen molar-refractivity contribution in [2.45, 2.75) is 59.1 Å². The van der Waals surface area contributed by atoms with Gasteiger partial charge in [0, 0.05) is 24.2 Å². The first kappa shape index (κ1) is 30.9. The summed E-state index contributed by atoms with van der Waals surface area (Å²) in [6.45, 7) is 8.77. The molecule has 0 spiro atoms. The zero-order chi connectivity index (χ0) is 30.6. The standard InChI is InChI=1S/C32H35F3N2O5/c1-5-11-32(18-37(31(40)42-32)22-7-8-23(30(38)39)19(3)14-22)12-13-36-17-21-16-27(41-6-2)20(4)15-25(21)24-9-10-26(33)29(35)28(24)34/h7-10,14-16,36H,5-6,11-13,17-18H2,1-4H3,(H,38,39). The summed E-state index contributed by atoms with van der Waals surface area (Å²) in [5.41, 5.74) is 2.24. The number of anilines is 1. The third-order valence-electron chi connectivity index (χ3n) is 7.53. The average Bonchev–Trinajstić information content (AvgIpc) is 3.27. The number of ether oxygens (including phenoxy) is 2. The number of carbonyl (C=O) groups is 2. The van der Waals surface area contributed by atoms with Crippen LogP contribution >= 0.6 is 0 Å². The molecular formula is C32H35F3N2O5. The lowest BCUT2D eigenvalue weighted by molar-refractivity contribution is 0.0419. The van der Waals surface area contributed by atoms with Gasteiger partial charge >= 0.3 is 12.1 Å². The predicted molar refractivity (Wildman–Crippen MR) is 154 cm³/mol. The monoisotopic (exact) mass is 584 g/mol. The van der Waals surface area contributed by atoms with Gasteiger partial charge in [-0.2, -0.15) is 0 Å². The number of aromatic carboxylic acids is 1. The number of halogens is 3. The van der Waals surface area contributed by atoms with Gasteiger partial charge in [-0.1, -0.05) is 13.3 Å². The maximum Gasteiger partial charge on any atom is 0.415 e. The van der Waals surface area contributed by atoms with Crippen molar-refractivity contribution in [3.63, 3.8) is 0 Å². The summed E-state index contributed by atoms with van der Waals surface area (Å²) in [7, 11) is 0. The summed E-state index contributed by atoms with van der Waals surface area (Å²) in [5.74, 6) is -4.47.